The fourth-order valence-electron chi connectivity index (χ4n) is 1.70. The number of nitrogens with one attached hydrogen (secondary N) is 2. The molecular weight excluding hydrogens is 372 g/mol. The van der Waals surface area contributed by atoms with Crippen LogP contribution < -0.4 is 10.0 Å². The molecule has 1 unspecified atom stereocenters. The van der Waals surface area contributed by atoms with Crippen molar-refractivity contribution in [1.82, 2.24) is 5.32 Å². The topological polar surface area (TPSA) is 58.2 Å². The second kappa shape index (κ2) is 5.26. The van der Waals surface area contributed by atoms with Crippen LogP contribution in [0.15, 0.2) is 27.1 Å². The van der Waals surface area contributed by atoms with Gasteiger partial charge in [0.05, 0.1) is 10.9 Å². The molecule has 17 heavy (non-hydrogen) atoms. The van der Waals surface area contributed by atoms with Gasteiger partial charge in [0, 0.05) is 15.5 Å². The van der Waals surface area contributed by atoms with Gasteiger partial charge in [0.1, 0.15) is 0 Å². The highest BCUT2D eigenvalue weighted by Crippen LogP contribution is 2.28. The Labute approximate surface area is 117 Å². The SMILES string of the molecule is O=S(=O)(Nc1ccc(Br)cc1Br)C1CCNC1. The van der Waals surface area contributed by atoms with Crippen LogP contribution in [-0.4, -0.2) is 26.8 Å². The molecule has 1 saturated heterocycles. The first kappa shape index (κ1) is 13.3. The number of rotatable bonds is 3. The Kier molecular flexibility index (Phi) is 4.12. The summed E-state index contributed by atoms with van der Waals surface area (Å²) in [7, 11) is -3.31. The third-order valence-corrected chi connectivity index (χ3v) is 5.57. The zero-order valence-corrected chi connectivity index (χ0v) is 12.9. The van der Waals surface area contributed by atoms with Gasteiger partial charge in [-0.05, 0) is 47.1 Å². The van der Waals surface area contributed by atoms with Gasteiger partial charge in [0.25, 0.3) is 0 Å². The molecular formula is C10H12Br2N2O2S. The number of halogens is 2. The lowest BCUT2D eigenvalue weighted by Crippen LogP contribution is -2.29. The average Bonchev–Trinajstić information content (AvgIpc) is 2.76. The predicted molar refractivity (Wildman–Crippen MR) is 75.7 cm³/mol. The first-order valence-corrected chi connectivity index (χ1v) is 8.30. The Bertz CT molecular complexity index is 513. The zero-order chi connectivity index (χ0) is 12.5. The third kappa shape index (κ3) is 3.21. The molecule has 94 valence electrons. The van der Waals surface area contributed by atoms with Crippen molar-refractivity contribution in [3.63, 3.8) is 0 Å². The molecule has 0 radical (unpaired) electrons. The fourth-order valence-corrected chi connectivity index (χ4v) is 4.40. The zero-order valence-electron chi connectivity index (χ0n) is 8.91. The summed E-state index contributed by atoms with van der Waals surface area (Å²) in [5, 5.41) is 2.70. The van der Waals surface area contributed by atoms with Gasteiger partial charge in [-0.15, -0.1) is 0 Å². The highest BCUT2D eigenvalue weighted by molar-refractivity contribution is 9.11. The molecule has 2 N–H and O–H groups in total. The van der Waals surface area contributed by atoms with Crippen LogP contribution in [-0.2, 0) is 10.0 Å². The minimum absolute atomic E-state index is 0.349. The molecule has 4 nitrogen and oxygen atoms in total. The van der Waals surface area contributed by atoms with E-state index < -0.39 is 10.0 Å². The van der Waals surface area contributed by atoms with Crippen molar-refractivity contribution >= 4 is 47.6 Å². The monoisotopic (exact) mass is 382 g/mol. The van der Waals surface area contributed by atoms with Crippen molar-refractivity contribution in [3.8, 4) is 0 Å². The van der Waals surface area contributed by atoms with Crippen LogP contribution in [0.3, 0.4) is 0 Å². The normalized spacial score (nSPS) is 20.5. The molecule has 1 fully saturated rings. The summed E-state index contributed by atoms with van der Waals surface area (Å²) in [4.78, 5) is 0. The highest BCUT2D eigenvalue weighted by atomic mass is 79.9. The quantitative estimate of drug-likeness (QED) is 0.841. The smallest absolute Gasteiger partial charge is 0.236 e. The molecule has 0 saturated carbocycles. The number of hydrogen-bond donors (Lipinski definition) is 2. The van der Waals surface area contributed by atoms with E-state index in [-0.39, 0.29) is 5.25 Å². The van der Waals surface area contributed by atoms with Crippen molar-refractivity contribution in [2.75, 3.05) is 17.8 Å². The summed E-state index contributed by atoms with van der Waals surface area (Å²) in [5.74, 6) is 0. The molecule has 7 heteroatoms. The first-order valence-electron chi connectivity index (χ1n) is 5.16. The van der Waals surface area contributed by atoms with E-state index in [1.807, 2.05) is 6.07 Å². The molecule has 0 spiro atoms. The summed E-state index contributed by atoms with van der Waals surface area (Å²) in [5.41, 5.74) is 0.570. The maximum absolute atomic E-state index is 12.1. The minimum Gasteiger partial charge on any atom is -0.315 e. The maximum atomic E-state index is 12.1. The fraction of sp³-hybridized carbons (Fsp3) is 0.400. The number of benzene rings is 1. The van der Waals surface area contributed by atoms with Crippen molar-refractivity contribution < 1.29 is 8.42 Å². The Hall–Kier alpha value is -0.110. The lowest BCUT2D eigenvalue weighted by molar-refractivity contribution is 0.588. The predicted octanol–water partition coefficient (Wildman–Crippen LogP) is 2.32. The standard InChI is InChI=1S/C10H12Br2N2O2S/c11-7-1-2-10(9(12)5-7)14-17(15,16)8-3-4-13-6-8/h1-2,5,8,13-14H,3-4,6H2. The lowest BCUT2D eigenvalue weighted by atomic mass is 10.3. The van der Waals surface area contributed by atoms with E-state index >= 15 is 0 Å². The number of sulfonamides is 1. The van der Waals surface area contributed by atoms with Gasteiger partial charge in [-0.1, -0.05) is 15.9 Å². The summed E-state index contributed by atoms with van der Waals surface area (Å²) in [6.07, 6.45) is 0.656. The first-order chi connectivity index (χ1) is 7.99. The second-order valence-electron chi connectivity index (χ2n) is 3.89. The van der Waals surface area contributed by atoms with Crippen LogP contribution in [0.2, 0.25) is 0 Å². The van der Waals surface area contributed by atoms with Gasteiger partial charge in [-0.3, -0.25) is 4.72 Å². The Balaban J connectivity index is 2.19. The van der Waals surface area contributed by atoms with Crippen LogP contribution in [0.1, 0.15) is 6.42 Å². The summed E-state index contributed by atoms with van der Waals surface area (Å²) >= 11 is 6.66. The van der Waals surface area contributed by atoms with Crippen LogP contribution >= 0.6 is 31.9 Å². The summed E-state index contributed by atoms with van der Waals surface area (Å²) in [6.45, 7) is 1.27. The van der Waals surface area contributed by atoms with Gasteiger partial charge in [0.2, 0.25) is 10.0 Å². The van der Waals surface area contributed by atoms with E-state index in [1.54, 1.807) is 12.1 Å². The summed E-state index contributed by atoms with van der Waals surface area (Å²) < 4.78 is 28.4. The van der Waals surface area contributed by atoms with E-state index in [0.717, 1.165) is 15.5 Å². The summed E-state index contributed by atoms with van der Waals surface area (Å²) in [6, 6.07) is 5.34. The van der Waals surface area contributed by atoms with E-state index in [9.17, 15) is 8.42 Å². The second-order valence-corrected chi connectivity index (χ2v) is 7.62. The van der Waals surface area contributed by atoms with E-state index in [1.165, 1.54) is 0 Å². The van der Waals surface area contributed by atoms with E-state index in [0.29, 0.717) is 18.7 Å². The van der Waals surface area contributed by atoms with Crippen molar-refractivity contribution in [3.05, 3.63) is 27.1 Å². The molecule has 1 heterocycles. The molecule has 1 aromatic rings. The van der Waals surface area contributed by atoms with Crippen molar-refractivity contribution in [2.24, 2.45) is 0 Å². The van der Waals surface area contributed by atoms with E-state index in [4.69, 9.17) is 0 Å². The molecule has 1 aliphatic heterocycles. The number of hydrogen-bond acceptors (Lipinski definition) is 3. The molecule has 2 rings (SSSR count). The van der Waals surface area contributed by atoms with Crippen LogP contribution in [0.25, 0.3) is 0 Å². The molecule has 1 aliphatic rings. The van der Waals surface area contributed by atoms with Gasteiger partial charge in [-0.25, -0.2) is 8.42 Å². The van der Waals surface area contributed by atoms with Gasteiger partial charge >= 0.3 is 0 Å². The van der Waals surface area contributed by atoms with Crippen LogP contribution in [0.4, 0.5) is 5.69 Å². The van der Waals surface area contributed by atoms with Gasteiger partial charge in [-0.2, -0.15) is 0 Å². The molecule has 1 atom stereocenters. The molecule has 0 amide bonds. The Morgan fingerprint density at radius 2 is 2.12 bits per heavy atom. The average molecular weight is 384 g/mol. The Morgan fingerprint density at radius 3 is 2.71 bits per heavy atom. The van der Waals surface area contributed by atoms with Crippen molar-refractivity contribution in [2.45, 2.75) is 11.7 Å². The van der Waals surface area contributed by atoms with Crippen molar-refractivity contribution in [1.29, 1.82) is 0 Å². The Morgan fingerprint density at radius 1 is 1.35 bits per heavy atom. The van der Waals surface area contributed by atoms with Gasteiger partial charge < -0.3 is 5.32 Å². The number of anilines is 1. The third-order valence-electron chi connectivity index (χ3n) is 2.64. The van der Waals surface area contributed by atoms with Crippen LogP contribution in [0, 0.1) is 0 Å². The molecule has 1 aromatic carbocycles. The maximum Gasteiger partial charge on any atom is 0.236 e. The molecule has 0 bridgehead atoms. The van der Waals surface area contributed by atoms with Crippen LogP contribution in [0.5, 0.6) is 0 Å². The van der Waals surface area contributed by atoms with E-state index in [2.05, 4.69) is 41.9 Å². The van der Waals surface area contributed by atoms with Gasteiger partial charge in [0.15, 0.2) is 0 Å². The lowest BCUT2D eigenvalue weighted by Gasteiger charge is -2.14. The minimum atomic E-state index is -3.31. The molecule has 0 aromatic heterocycles. The molecule has 0 aliphatic carbocycles. The highest BCUT2D eigenvalue weighted by Gasteiger charge is 2.28. The largest absolute Gasteiger partial charge is 0.315 e.